The van der Waals surface area contributed by atoms with Crippen molar-refractivity contribution >= 4 is 5.97 Å². The summed E-state index contributed by atoms with van der Waals surface area (Å²) in [7, 11) is 0. The molecular formula is C14H19NO4. The molecule has 0 spiro atoms. The second-order valence-electron chi connectivity index (χ2n) is 6.04. The van der Waals surface area contributed by atoms with Crippen molar-refractivity contribution < 1.29 is 18.7 Å². The highest BCUT2D eigenvalue weighted by Crippen LogP contribution is 2.53. The summed E-state index contributed by atoms with van der Waals surface area (Å²) in [6.45, 7) is 8.39. The zero-order valence-electron chi connectivity index (χ0n) is 11.7. The molecule has 1 aliphatic carbocycles. The molecule has 0 unspecified atom stereocenters. The van der Waals surface area contributed by atoms with E-state index in [0.717, 1.165) is 13.0 Å². The van der Waals surface area contributed by atoms with E-state index in [1.807, 2.05) is 0 Å². The van der Waals surface area contributed by atoms with Crippen LogP contribution in [0.3, 0.4) is 0 Å². The lowest BCUT2D eigenvalue weighted by Gasteiger charge is -2.52. The van der Waals surface area contributed by atoms with Gasteiger partial charge in [-0.05, 0) is 13.3 Å². The normalized spacial score (nSPS) is 31.7. The predicted octanol–water partition coefficient (Wildman–Crippen LogP) is 2.26. The molecule has 3 atom stereocenters. The summed E-state index contributed by atoms with van der Waals surface area (Å²) >= 11 is 0. The van der Waals surface area contributed by atoms with Crippen LogP contribution in [-0.4, -0.2) is 29.8 Å². The molecular weight excluding hydrogens is 246 g/mol. The van der Waals surface area contributed by atoms with Gasteiger partial charge in [0.25, 0.3) is 0 Å². The first kappa shape index (κ1) is 12.7. The molecule has 2 heterocycles. The molecule has 0 amide bonds. The lowest BCUT2D eigenvalue weighted by atomic mass is 9.59. The first-order valence-electron chi connectivity index (χ1n) is 6.68. The third kappa shape index (κ3) is 1.79. The molecule has 0 bridgehead atoms. The van der Waals surface area contributed by atoms with Crippen LogP contribution in [0.4, 0.5) is 0 Å². The largest absolute Gasteiger partial charge is 0.455 e. The van der Waals surface area contributed by atoms with Crippen molar-refractivity contribution in [1.29, 1.82) is 0 Å². The Bertz CT molecular complexity index is 520. The van der Waals surface area contributed by atoms with Gasteiger partial charge in [-0.15, -0.1) is 0 Å². The summed E-state index contributed by atoms with van der Waals surface area (Å²) < 4.78 is 16.6. The topological polar surface area (TPSA) is 61.6 Å². The standard InChI is InChI=1S/C14H19NO4/c1-7-10(18-8(2)15-7)13(16)19-12-9-5-6-17-11(9)14(12,3)4/h9,11-12H,5-6H2,1-4H3/t9-,11-,12+/m0/s1. The number of ether oxygens (including phenoxy) is 2. The molecule has 1 aromatic rings. The summed E-state index contributed by atoms with van der Waals surface area (Å²) in [6, 6.07) is 0. The van der Waals surface area contributed by atoms with Crippen molar-refractivity contribution in [2.24, 2.45) is 11.3 Å². The Labute approximate surface area is 112 Å². The molecule has 0 radical (unpaired) electrons. The fraction of sp³-hybridized carbons (Fsp3) is 0.714. The van der Waals surface area contributed by atoms with Gasteiger partial charge >= 0.3 is 5.97 Å². The third-order valence-electron chi connectivity index (χ3n) is 4.32. The Morgan fingerprint density at radius 2 is 2.16 bits per heavy atom. The fourth-order valence-electron chi connectivity index (χ4n) is 3.41. The number of fused-ring (bicyclic) bond motifs is 1. The number of esters is 1. The van der Waals surface area contributed by atoms with Gasteiger partial charge in [0.2, 0.25) is 5.76 Å². The van der Waals surface area contributed by atoms with Crippen molar-refractivity contribution in [3.05, 3.63) is 17.3 Å². The SMILES string of the molecule is Cc1nc(C)c(C(=O)O[C@@H]2[C@H]3CCO[C@@H]3C2(C)C)o1. The monoisotopic (exact) mass is 265 g/mol. The van der Waals surface area contributed by atoms with Crippen molar-refractivity contribution in [2.75, 3.05) is 6.61 Å². The molecule has 2 fully saturated rings. The van der Waals surface area contributed by atoms with Crippen LogP contribution in [0.25, 0.3) is 0 Å². The van der Waals surface area contributed by atoms with Crippen molar-refractivity contribution in [1.82, 2.24) is 4.98 Å². The fourth-order valence-corrected chi connectivity index (χ4v) is 3.41. The van der Waals surface area contributed by atoms with E-state index >= 15 is 0 Å². The Morgan fingerprint density at radius 1 is 1.42 bits per heavy atom. The lowest BCUT2D eigenvalue weighted by Crippen LogP contribution is -2.61. The minimum Gasteiger partial charge on any atom is -0.455 e. The molecule has 19 heavy (non-hydrogen) atoms. The molecule has 1 aliphatic heterocycles. The van der Waals surface area contributed by atoms with Gasteiger partial charge in [0, 0.05) is 24.9 Å². The maximum absolute atomic E-state index is 12.2. The molecule has 1 aromatic heterocycles. The third-order valence-corrected chi connectivity index (χ3v) is 4.32. The summed E-state index contributed by atoms with van der Waals surface area (Å²) in [6.07, 6.45) is 1.07. The van der Waals surface area contributed by atoms with Gasteiger partial charge in [0.1, 0.15) is 6.10 Å². The maximum Gasteiger partial charge on any atom is 0.376 e. The second-order valence-corrected chi connectivity index (χ2v) is 6.04. The molecule has 5 nitrogen and oxygen atoms in total. The highest BCUT2D eigenvalue weighted by atomic mass is 16.6. The van der Waals surface area contributed by atoms with Gasteiger partial charge in [0.15, 0.2) is 5.89 Å². The Balaban J connectivity index is 1.75. The van der Waals surface area contributed by atoms with E-state index in [2.05, 4.69) is 18.8 Å². The number of nitrogens with zero attached hydrogens (tertiary/aromatic N) is 1. The average molecular weight is 265 g/mol. The quantitative estimate of drug-likeness (QED) is 0.767. The predicted molar refractivity (Wildman–Crippen MR) is 66.8 cm³/mol. The van der Waals surface area contributed by atoms with Crippen molar-refractivity contribution in [3.8, 4) is 0 Å². The number of aromatic nitrogens is 1. The summed E-state index contributed by atoms with van der Waals surface area (Å²) in [4.78, 5) is 16.3. The highest BCUT2D eigenvalue weighted by molar-refractivity contribution is 5.87. The maximum atomic E-state index is 12.2. The highest BCUT2D eigenvalue weighted by Gasteiger charge is 2.61. The molecule has 3 rings (SSSR count). The smallest absolute Gasteiger partial charge is 0.376 e. The van der Waals surface area contributed by atoms with Crippen molar-refractivity contribution in [3.63, 3.8) is 0 Å². The zero-order chi connectivity index (χ0) is 13.8. The van der Waals surface area contributed by atoms with E-state index < -0.39 is 5.97 Å². The first-order valence-corrected chi connectivity index (χ1v) is 6.68. The van der Waals surface area contributed by atoms with E-state index in [0.29, 0.717) is 17.5 Å². The zero-order valence-corrected chi connectivity index (χ0v) is 11.7. The Morgan fingerprint density at radius 3 is 2.79 bits per heavy atom. The van der Waals surface area contributed by atoms with Gasteiger partial charge in [-0.1, -0.05) is 13.8 Å². The molecule has 0 N–H and O–H groups in total. The second kappa shape index (κ2) is 4.07. The Kier molecular flexibility index (Phi) is 2.71. The van der Waals surface area contributed by atoms with E-state index in [9.17, 15) is 4.79 Å². The van der Waals surface area contributed by atoms with E-state index in [4.69, 9.17) is 13.9 Å². The van der Waals surface area contributed by atoms with Gasteiger partial charge < -0.3 is 13.9 Å². The van der Waals surface area contributed by atoms with Crippen LogP contribution in [0.2, 0.25) is 0 Å². The van der Waals surface area contributed by atoms with Gasteiger partial charge in [-0.25, -0.2) is 9.78 Å². The van der Waals surface area contributed by atoms with Crippen LogP contribution in [0.5, 0.6) is 0 Å². The van der Waals surface area contributed by atoms with Crippen LogP contribution < -0.4 is 0 Å². The number of aryl methyl sites for hydroxylation is 2. The first-order chi connectivity index (χ1) is 8.91. The number of carbonyl (C=O) groups is 1. The molecule has 2 aliphatic rings. The number of oxazole rings is 1. The van der Waals surface area contributed by atoms with Crippen LogP contribution >= 0.6 is 0 Å². The summed E-state index contributed by atoms with van der Waals surface area (Å²) in [5.41, 5.74) is 0.457. The van der Waals surface area contributed by atoms with Crippen LogP contribution in [-0.2, 0) is 9.47 Å². The van der Waals surface area contributed by atoms with E-state index in [1.165, 1.54) is 0 Å². The van der Waals surface area contributed by atoms with Crippen molar-refractivity contribution in [2.45, 2.75) is 46.3 Å². The van der Waals surface area contributed by atoms with E-state index in [-0.39, 0.29) is 23.4 Å². The number of hydrogen-bond donors (Lipinski definition) is 0. The van der Waals surface area contributed by atoms with E-state index in [1.54, 1.807) is 13.8 Å². The molecule has 1 saturated heterocycles. The molecule has 5 heteroatoms. The summed E-state index contributed by atoms with van der Waals surface area (Å²) in [5.74, 6) is 0.611. The molecule has 1 saturated carbocycles. The number of carbonyl (C=O) groups excluding carboxylic acids is 1. The van der Waals surface area contributed by atoms with Crippen LogP contribution in [0.1, 0.15) is 42.4 Å². The minimum atomic E-state index is -0.415. The Hall–Kier alpha value is -1.36. The van der Waals surface area contributed by atoms with Gasteiger partial charge in [0.05, 0.1) is 11.8 Å². The molecule has 0 aromatic carbocycles. The number of rotatable bonds is 2. The minimum absolute atomic E-state index is 0.0997. The van der Waals surface area contributed by atoms with Gasteiger partial charge in [-0.3, -0.25) is 0 Å². The lowest BCUT2D eigenvalue weighted by molar-refractivity contribution is -0.183. The van der Waals surface area contributed by atoms with Crippen LogP contribution in [0, 0.1) is 25.2 Å². The number of hydrogen-bond acceptors (Lipinski definition) is 5. The van der Waals surface area contributed by atoms with Crippen LogP contribution in [0.15, 0.2) is 4.42 Å². The molecule has 104 valence electrons. The van der Waals surface area contributed by atoms with Gasteiger partial charge in [-0.2, -0.15) is 0 Å². The summed E-state index contributed by atoms with van der Waals surface area (Å²) in [5, 5.41) is 0. The average Bonchev–Trinajstić information content (AvgIpc) is 2.91.